The summed E-state index contributed by atoms with van der Waals surface area (Å²) in [5.74, 6) is -0.194. The fourth-order valence-electron chi connectivity index (χ4n) is 2.70. The molecule has 0 spiro atoms. The second-order valence-electron chi connectivity index (χ2n) is 6.63. The van der Waals surface area contributed by atoms with E-state index in [4.69, 9.17) is 11.6 Å². The number of pyridine rings is 1. The van der Waals surface area contributed by atoms with E-state index >= 15 is 0 Å². The van der Waals surface area contributed by atoms with Gasteiger partial charge in [0.1, 0.15) is 5.69 Å². The first kappa shape index (κ1) is 19.7. The predicted molar refractivity (Wildman–Crippen MR) is 116 cm³/mol. The number of aromatic nitrogens is 1. The lowest BCUT2D eigenvalue weighted by Gasteiger charge is -2.13. The molecule has 0 radical (unpaired) electrons. The van der Waals surface area contributed by atoms with Crippen molar-refractivity contribution < 1.29 is 4.79 Å². The SMILES string of the molecule is CN(C)c1ccc(Nc2ccnc(C(=O)NCCc3ccc(Cl)cc3)c2)cc1. The van der Waals surface area contributed by atoms with Crippen LogP contribution in [0.4, 0.5) is 17.1 Å². The topological polar surface area (TPSA) is 57.3 Å². The second kappa shape index (κ2) is 9.24. The number of hydrogen-bond donors (Lipinski definition) is 2. The van der Waals surface area contributed by atoms with Gasteiger partial charge in [-0.05, 0) is 60.5 Å². The fraction of sp³-hybridized carbons (Fsp3) is 0.182. The van der Waals surface area contributed by atoms with Crippen LogP contribution in [0.25, 0.3) is 0 Å². The molecule has 2 N–H and O–H groups in total. The molecule has 0 aliphatic heterocycles. The van der Waals surface area contributed by atoms with Gasteiger partial charge in [0.15, 0.2) is 0 Å². The molecule has 0 saturated heterocycles. The molecule has 0 aliphatic carbocycles. The molecule has 3 rings (SSSR count). The summed E-state index contributed by atoms with van der Waals surface area (Å²) in [6.07, 6.45) is 2.36. The molecule has 0 saturated carbocycles. The lowest BCUT2D eigenvalue weighted by molar-refractivity contribution is 0.0949. The van der Waals surface area contributed by atoms with Gasteiger partial charge in [-0.3, -0.25) is 9.78 Å². The molecule has 3 aromatic rings. The summed E-state index contributed by atoms with van der Waals surface area (Å²) in [4.78, 5) is 18.6. The zero-order valence-corrected chi connectivity index (χ0v) is 16.7. The first-order valence-corrected chi connectivity index (χ1v) is 9.42. The number of hydrogen-bond acceptors (Lipinski definition) is 4. The van der Waals surface area contributed by atoms with E-state index in [9.17, 15) is 4.79 Å². The van der Waals surface area contributed by atoms with E-state index in [0.29, 0.717) is 17.3 Å². The largest absolute Gasteiger partial charge is 0.378 e. The average Bonchev–Trinajstić information content (AvgIpc) is 2.70. The number of benzene rings is 2. The summed E-state index contributed by atoms with van der Waals surface area (Å²) in [5.41, 5.74) is 4.39. The fourth-order valence-corrected chi connectivity index (χ4v) is 2.83. The number of carbonyl (C=O) groups excluding carboxylic acids is 1. The molecule has 1 amide bonds. The number of amides is 1. The van der Waals surface area contributed by atoms with Gasteiger partial charge in [-0.15, -0.1) is 0 Å². The minimum atomic E-state index is -0.194. The molecule has 5 nitrogen and oxygen atoms in total. The molecule has 2 aromatic carbocycles. The molecule has 6 heteroatoms. The van der Waals surface area contributed by atoms with Gasteiger partial charge in [-0.1, -0.05) is 23.7 Å². The van der Waals surface area contributed by atoms with Crippen LogP contribution < -0.4 is 15.5 Å². The Morgan fingerprint density at radius 1 is 1.00 bits per heavy atom. The zero-order valence-electron chi connectivity index (χ0n) is 15.9. The maximum absolute atomic E-state index is 12.4. The summed E-state index contributed by atoms with van der Waals surface area (Å²) in [7, 11) is 4.01. The third kappa shape index (κ3) is 5.47. The Morgan fingerprint density at radius 3 is 2.39 bits per heavy atom. The van der Waals surface area contributed by atoms with Gasteiger partial charge in [-0.25, -0.2) is 0 Å². The lowest BCUT2D eigenvalue weighted by Crippen LogP contribution is -2.26. The molecule has 0 fully saturated rings. The summed E-state index contributed by atoms with van der Waals surface area (Å²) < 4.78 is 0. The van der Waals surface area contributed by atoms with Crippen molar-refractivity contribution >= 4 is 34.6 Å². The van der Waals surface area contributed by atoms with Gasteiger partial charge in [-0.2, -0.15) is 0 Å². The van der Waals surface area contributed by atoms with Gasteiger partial charge < -0.3 is 15.5 Å². The van der Waals surface area contributed by atoms with E-state index in [1.54, 1.807) is 12.3 Å². The quantitative estimate of drug-likeness (QED) is 0.618. The third-order valence-electron chi connectivity index (χ3n) is 4.28. The second-order valence-corrected chi connectivity index (χ2v) is 7.06. The van der Waals surface area contributed by atoms with Gasteiger partial charge in [0.05, 0.1) is 0 Å². The van der Waals surface area contributed by atoms with Gasteiger partial charge in [0.2, 0.25) is 0 Å². The van der Waals surface area contributed by atoms with Crippen molar-refractivity contribution in [3.05, 3.63) is 83.1 Å². The molecule has 0 aliphatic rings. The Balaban J connectivity index is 1.57. The first-order chi connectivity index (χ1) is 13.5. The Morgan fingerprint density at radius 2 is 1.71 bits per heavy atom. The normalized spacial score (nSPS) is 10.4. The lowest BCUT2D eigenvalue weighted by atomic mass is 10.1. The highest BCUT2D eigenvalue weighted by molar-refractivity contribution is 6.30. The number of rotatable bonds is 7. The van der Waals surface area contributed by atoms with Crippen LogP contribution in [0.15, 0.2) is 66.9 Å². The zero-order chi connectivity index (χ0) is 19.9. The van der Waals surface area contributed by atoms with Crippen molar-refractivity contribution in [2.45, 2.75) is 6.42 Å². The van der Waals surface area contributed by atoms with Crippen LogP contribution in [-0.4, -0.2) is 31.5 Å². The number of halogens is 1. The molecule has 144 valence electrons. The highest BCUT2D eigenvalue weighted by Gasteiger charge is 2.08. The summed E-state index contributed by atoms with van der Waals surface area (Å²) >= 11 is 5.88. The van der Waals surface area contributed by atoms with E-state index in [0.717, 1.165) is 29.0 Å². The number of carbonyl (C=O) groups is 1. The van der Waals surface area contributed by atoms with E-state index in [1.165, 1.54) is 0 Å². The van der Waals surface area contributed by atoms with Crippen molar-refractivity contribution in [2.24, 2.45) is 0 Å². The Kier molecular flexibility index (Phi) is 6.50. The standard InChI is InChI=1S/C22H23ClN4O/c1-27(2)20-9-7-18(8-10-20)26-19-12-14-24-21(15-19)22(28)25-13-11-16-3-5-17(23)6-4-16/h3-10,12,14-15H,11,13H2,1-2H3,(H,24,26)(H,25,28). The molecular weight excluding hydrogens is 372 g/mol. The van der Waals surface area contributed by atoms with Gasteiger partial charge >= 0.3 is 0 Å². The maximum atomic E-state index is 12.4. The van der Waals surface area contributed by atoms with Crippen LogP contribution in [0.1, 0.15) is 16.1 Å². The predicted octanol–water partition coefficient (Wildman–Crippen LogP) is 4.52. The minimum Gasteiger partial charge on any atom is -0.378 e. The number of anilines is 3. The molecule has 0 bridgehead atoms. The Labute approximate surface area is 170 Å². The van der Waals surface area contributed by atoms with Gasteiger partial charge in [0, 0.05) is 48.9 Å². The van der Waals surface area contributed by atoms with Crippen LogP contribution in [0, 0.1) is 0 Å². The maximum Gasteiger partial charge on any atom is 0.269 e. The van der Waals surface area contributed by atoms with Crippen LogP contribution in [-0.2, 0) is 6.42 Å². The minimum absolute atomic E-state index is 0.194. The van der Waals surface area contributed by atoms with Crippen LogP contribution >= 0.6 is 11.6 Å². The molecule has 1 heterocycles. The average molecular weight is 395 g/mol. The monoisotopic (exact) mass is 394 g/mol. The van der Waals surface area contributed by atoms with Crippen molar-refractivity contribution in [1.82, 2.24) is 10.3 Å². The first-order valence-electron chi connectivity index (χ1n) is 9.04. The Bertz CT molecular complexity index is 924. The van der Waals surface area contributed by atoms with Crippen molar-refractivity contribution in [3.63, 3.8) is 0 Å². The molecule has 28 heavy (non-hydrogen) atoms. The Hall–Kier alpha value is -3.05. The summed E-state index contributed by atoms with van der Waals surface area (Å²) in [5, 5.41) is 6.91. The van der Waals surface area contributed by atoms with Crippen LogP contribution in [0.2, 0.25) is 5.02 Å². The molecular formula is C22H23ClN4O. The van der Waals surface area contributed by atoms with Crippen molar-refractivity contribution in [3.8, 4) is 0 Å². The molecule has 0 atom stereocenters. The highest BCUT2D eigenvalue weighted by atomic mass is 35.5. The van der Waals surface area contributed by atoms with E-state index in [2.05, 4.69) is 15.6 Å². The van der Waals surface area contributed by atoms with Gasteiger partial charge in [0.25, 0.3) is 5.91 Å². The molecule has 1 aromatic heterocycles. The molecule has 0 unspecified atom stereocenters. The third-order valence-corrected chi connectivity index (χ3v) is 4.53. The van der Waals surface area contributed by atoms with E-state index < -0.39 is 0 Å². The summed E-state index contributed by atoms with van der Waals surface area (Å²) in [6, 6.07) is 19.3. The highest BCUT2D eigenvalue weighted by Crippen LogP contribution is 2.20. The van der Waals surface area contributed by atoms with Crippen molar-refractivity contribution in [2.75, 3.05) is 30.9 Å². The van der Waals surface area contributed by atoms with Crippen LogP contribution in [0.3, 0.4) is 0 Å². The van der Waals surface area contributed by atoms with E-state index in [1.807, 2.05) is 73.6 Å². The van der Waals surface area contributed by atoms with Crippen LogP contribution in [0.5, 0.6) is 0 Å². The van der Waals surface area contributed by atoms with Crippen molar-refractivity contribution in [1.29, 1.82) is 0 Å². The summed E-state index contributed by atoms with van der Waals surface area (Å²) in [6.45, 7) is 0.534. The number of nitrogens with zero attached hydrogens (tertiary/aromatic N) is 2. The number of nitrogens with one attached hydrogen (secondary N) is 2. The van der Waals surface area contributed by atoms with E-state index in [-0.39, 0.29) is 5.91 Å². The smallest absolute Gasteiger partial charge is 0.269 e.